The quantitative estimate of drug-likeness (QED) is 0.774. The molecule has 0 saturated carbocycles. The molecule has 2 rings (SSSR count). The first-order chi connectivity index (χ1) is 9.78. The standard InChI is InChI=1S/C16H22FN3/c17-16-6-4-15(5-7-16)14-20-11-3-10-19(12-13-20)9-2-1-8-18/h4-7H,1-3,9-14H2. The lowest BCUT2D eigenvalue weighted by Crippen LogP contribution is -2.31. The van der Waals surface area contributed by atoms with Gasteiger partial charge in [0, 0.05) is 26.1 Å². The molecule has 0 unspecified atom stereocenters. The maximum absolute atomic E-state index is 12.9. The van der Waals surface area contributed by atoms with E-state index < -0.39 is 0 Å². The van der Waals surface area contributed by atoms with Crippen LogP contribution in [-0.4, -0.2) is 42.5 Å². The van der Waals surface area contributed by atoms with Gasteiger partial charge in [-0.2, -0.15) is 5.26 Å². The molecule has 1 saturated heterocycles. The van der Waals surface area contributed by atoms with Crippen LogP contribution in [0.1, 0.15) is 24.8 Å². The molecule has 0 spiro atoms. The topological polar surface area (TPSA) is 30.3 Å². The van der Waals surface area contributed by atoms with Crippen molar-refractivity contribution in [2.24, 2.45) is 0 Å². The summed E-state index contributed by atoms with van der Waals surface area (Å²) in [6, 6.07) is 8.99. The van der Waals surface area contributed by atoms with Crippen LogP contribution in [0.3, 0.4) is 0 Å². The van der Waals surface area contributed by atoms with Crippen LogP contribution in [0.2, 0.25) is 0 Å². The first-order valence-corrected chi connectivity index (χ1v) is 7.34. The van der Waals surface area contributed by atoms with Crippen LogP contribution in [0.5, 0.6) is 0 Å². The molecule has 1 aromatic carbocycles. The molecule has 0 bridgehead atoms. The fraction of sp³-hybridized carbons (Fsp3) is 0.562. The van der Waals surface area contributed by atoms with Gasteiger partial charge in [-0.25, -0.2) is 4.39 Å². The number of hydrogen-bond donors (Lipinski definition) is 0. The van der Waals surface area contributed by atoms with Crippen molar-refractivity contribution in [2.45, 2.75) is 25.8 Å². The molecular formula is C16H22FN3. The Hall–Kier alpha value is -1.44. The van der Waals surface area contributed by atoms with Crippen LogP contribution in [0.15, 0.2) is 24.3 Å². The van der Waals surface area contributed by atoms with E-state index in [0.717, 1.165) is 52.1 Å². The molecule has 1 heterocycles. The minimum Gasteiger partial charge on any atom is -0.302 e. The first-order valence-electron chi connectivity index (χ1n) is 7.34. The summed E-state index contributed by atoms with van der Waals surface area (Å²) in [5, 5.41) is 8.57. The van der Waals surface area contributed by atoms with Crippen LogP contribution in [0, 0.1) is 17.1 Å². The Morgan fingerprint density at radius 2 is 1.75 bits per heavy atom. The number of hydrogen-bond acceptors (Lipinski definition) is 3. The Morgan fingerprint density at radius 3 is 2.50 bits per heavy atom. The van der Waals surface area contributed by atoms with Gasteiger partial charge in [0.1, 0.15) is 5.82 Å². The van der Waals surface area contributed by atoms with Gasteiger partial charge in [-0.1, -0.05) is 12.1 Å². The van der Waals surface area contributed by atoms with E-state index >= 15 is 0 Å². The summed E-state index contributed by atoms with van der Waals surface area (Å²) >= 11 is 0. The maximum Gasteiger partial charge on any atom is 0.123 e. The third-order valence-corrected chi connectivity index (χ3v) is 3.76. The number of rotatable bonds is 5. The Balaban J connectivity index is 1.77. The zero-order chi connectivity index (χ0) is 14.2. The van der Waals surface area contributed by atoms with Crippen molar-refractivity contribution >= 4 is 0 Å². The van der Waals surface area contributed by atoms with Gasteiger partial charge in [-0.15, -0.1) is 0 Å². The molecule has 108 valence electrons. The van der Waals surface area contributed by atoms with Crippen molar-refractivity contribution in [3.63, 3.8) is 0 Å². The number of halogens is 1. The molecule has 20 heavy (non-hydrogen) atoms. The van der Waals surface area contributed by atoms with E-state index in [1.807, 2.05) is 12.1 Å². The molecule has 3 nitrogen and oxygen atoms in total. The summed E-state index contributed by atoms with van der Waals surface area (Å²) in [7, 11) is 0. The normalized spacial score (nSPS) is 17.6. The molecule has 0 N–H and O–H groups in total. The lowest BCUT2D eigenvalue weighted by atomic mass is 10.2. The fourth-order valence-electron chi connectivity index (χ4n) is 2.64. The molecule has 0 aromatic heterocycles. The second-order valence-electron chi connectivity index (χ2n) is 5.36. The van der Waals surface area contributed by atoms with Gasteiger partial charge in [-0.05, 0) is 50.2 Å². The van der Waals surface area contributed by atoms with E-state index in [2.05, 4.69) is 15.9 Å². The fourth-order valence-corrected chi connectivity index (χ4v) is 2.64. The van der Waals surface area contributed by atoms with Crippen LogP contribution < -0.4 is 0 Å². The highest BCUT2D eigenvalue weighted by atomic mass is 19.1. The van der Waals surface area contributed by atoms with Crippen LogP contribution in [-0.2, 0) is 6.54 Å². The molecular weight excluding hydrogens is 253 g/mol. The van der Waals surface area contributed by atoms with Crippen molar-refractivity contribution in [3.8, 4) is 6.07 Å². The van der Waals surface area contributed by atoms with Crippen molar-refractivity contribution in [3.05, 3.63) is 35.6 Å². The van der Waals surface area contributed by atoms with Crippen LogP contribution >= 0.6 is 0 Å². The predicted molar refractivity (Wildman–Crippen MR) is 77.6 cm³/mol. The molecule has 1 aliphatic heterocycles. The van der Waals surface area contributed by atoms with E-state index in [4.69, 9.17) is 5.26 Å². The lowest BCUT2D eigenvalue weighted by Gasteiger charge is -2.21. The van der Waals surface area contributed by atoms with Crippen molar-refractivity contribution in [1.82, 2.24) is 9.80 Å². The summed E-state index contributed by atoms with van der Waals surface area (Å²) in [5.41, 5.74) is 1.17. The molecule has 4 heteroatoms. The Kier molecular flexibility index (Phi) is 5.97. The third kappa shape index (κ3) is 4.92. The van der Waals surface area contributed by atoms with Crippen LogP contribution in [0.25, 0.3) is 0 Å². The van der Waals surface area contributed by atoms with Gasteiger partial charge in [0.15, 0.2) is 0 Å². The van der Waals surface area contributed by atoms with Crippen molar-refractivity contribution < 1.29 is 4.39 Å². The summed E-state index contributed by atoms with van der Waals surface area (Å²) in [6.45, 7) is 6.23. The van der Waals surface area contributed by atoms with E-state index in [-0.39, 0.29) is 5.82 Å². The van der Waals surface area contributed by atoms with Crippen molar-refractivity contribution in [2.75, 3.05) is 32.7 Å². The molecule has 0 atom stereocenters. The largest absolute Gasteiger partial charge is 0.302 e. The SMILES string of the molecule is N#CCCCN1CCCN(Cc2ccc(F)cc2)CC1. The summed E-state index contributed by atoms with van der Waals surface area (Å²) in [5.74, 6) is -0.173. The lowest BCUT2D eigenvalue weighted by molar-refractivity contribution is 0.250. The van der Waals surface area contributed by atoms with E-state index in [0.29, 0.717) is 6.42 Å². The zero-order valence-electron chi connectivity index (χ0n) is 11.9. The third-order valence-electron chi connectivity index (χ3n) is 3.76. The van der Waals surface area contributed by atoms with Gasteiger partial charge >= 0.3 is 0 Å². The molecule has 1 aromatic rings. The number of nitriles is 1. The maximum atomic E-state index is 12.9. The highest BCUT2D eigenvalue weighted by molar-refractivity contribution is 5.15. The van der Waals surface area contributed by atoms with Gasteiger partial charge in [0.05, 0.1) is 6.07 Å². The Morgan fingerprint density at radius 1 is 1.05 bits per heavy atom. The number of nitrogens with zero attached hydrogens (tertiary/aromatic N) is 3. The Bertz CT molecular complexity index is 438. The summed E-state index contributed by atoms with van der Waals surface area (Å²) in [4.78, 5) is 4.87. The minimum absolute atomic E-state index is 0.173. The average Bonchev–Trinajstić information content (AvgIpc) is 2.67. The highest BCUT2D eigenvalue weighted by Gasteiger charge is 2.14. The molecule has 1 fully saturated rings. The van der Waals surface area contributed by atoms with Crippen molar-refractivity contribution in [1.29, 1.82) is 5.26 Å². The molecule has 0 amide bonds. The van der Waals surface area contributed by atoms with Gasteiger partial charge in [0.2, 0.25) is 0 Å². The summed E-state index contributed by atoms with van der Waals surface area (Å²) < 4.78 is 12.9. The second-order valence-corrected chi connectivity index (χ2v) is 5.36. The summed E-state index contributed by atoms with van der Waals surface area (Å²) in [6.07, 6.45) is 2.78. The molecule has 1 aliphatic rings. The Labute approximate surface area is 120 Å². The number of unbranched alkanes of at least 4 members (excludes halogenated alkanes) is 1. The minimum atomic E-state index is -0.173. The zero-order valence-corrected chi connectivity index (χ0v) is 11.9. The monoisotopic (exact) mass is 275 g/mol. The molecule has 0 radical (unpaired) electrons. The smallest absolute Gasteiger partial charge is 0.123 e. The van der Waals surface area contributed by atoms with E-state index in [1.54, 1.807) is 0 Å². The predicted octanol–water partition coefficient (Wildman–Crippen LogP) is 2.64. The van der Waals surface area contributed by atoms with Gasteiger partial charge < -0.3 is 4.90 Å². The average molecular weight is 275 g/mol. The second kappa shape index (κ2) is 7.98. The first kappa shape index (κ1) is 15.0. The van der Waals surface area contributed by atoms with Crippen LogP contribution in [0.4, 0.5) is 4.39 Å². The molecule has 0 aliphatic carbocycles. The van der Waals surface area contributed by atoms with Gasteiger partial charge in [-0.3, -0.25) is 4.90 Å². The number of benzene rings is 1. The van der Waals surface area contributed by atoms with E-state index in [9.17, 15) is 4.39 Å². The van der Waals surface area contributed by atoms with Gasteiger partial charge in [0.25, 0.3) is 0 Å². The highest BCUT2D eigenvalue weighted by Crippen LogP contribution is 2.10. The van der Waals surface area contributed by atoms with E-state index in [1.165, 1.54) is 17.7 Å².